The molecular weight excluding hydrogens is 462 g/mol. The summed E-state index contributed by atoms with van der Waals surface area (Å²) in [4.78, 5) is 44.5. The topological polar surface area (TPSA) is 160 Å². The van der Waals surface area contributed by atoms with Gasteiger partial charge in [-0.2, -0.15) is 5.10 Å². The van der Waals surface area contributed by atoms with E-state index in [1.165, 1.54) is 16.2 Å². The second kappa shape index (κ2) is 6.30. The molecule has 11 heteroatoms. The summed E-state index contributed by atoms with van der Waals surface area (Å²) in [6.45, 7) is 0.766. The van der Waals surface area contributed by atoms with Gasteiger partial charge in [0.15, 0.2) is 11.2 Å². The summed E-state index contributed by atoms with van der Waals surface area (Å²) in [5, 5.41) is 10.1. The summed E-state index contributed by atoms with van der Waals surface area (Å²) in [6.07, 6.45) is 4.83. The minimum Gasteiger partial charge on any atom is -0.408 e. The van der Waals surface area contributed by atoms with Crippen LogP contribution in [0.3, 0.4) is 0 Å². The second-order valence-corrected chi connectivity index (χ2v) is 10.4. The zero-order valence-corrected chi connectivity index (χ0v) is 18.9. The number of nitrogens with zero attached hydrogens (tertiary/aromatic N) is 3. The number of oxazole rings is 1. The standard InChI is InChI=1S/C25H21N7O4/c26-25-8-12-20(25)19-13(25)7-24(12,19)10-28-22(34)16-6-15(30-18-3-4-29-32(16)18)21(33)27-9-11-1-2-17-14(5-11)31-23(35)36-17/h1-7,12,19-20H,8-10,26H2,(H,27,33)(H,28,34)(H,31,35). The van der Waals surface area contributed by atoms with Crippen LogP contribution in [-0.4, -0.2) is 43.5 Å². The zero-order valence-electron chi connectivity index (χ0n) is 18.9. The molecular formula is C25H21N7O4. The average molecular weight is 483 g/mol. The number of amides is 2. The lowest BCUT2D eigenvalue weighted by atomic mass is 9.16. The Labute approximate surface area is 202 Å². The first-order valence-electron chi connectivity index (χ1n) is 11.9. The van der Waals surface area contributed by atoms with Crippen molar-refractivity contribution in [1.82, 2.24) is 30.2 Å². The van der Waals surface area contributed by atoms with E-state index < -0.39 is 11.7 Å². The van der Waals surface area contributed by atoms with E-state index in [4.69, 9.17) is 10.2 Å². The third-order valence-corrected chi connectivity index (χ3v) is 8.83. The van der Waals surface area contributed by atoms with Gasteiger partial charge in [0, 0.05) is 36.2 Å². The summed E-state index contributed by atoms with van der Waals surface area (Å²) in [5.74, 6) is 0.430. The quantitative estimate of drug-likeness (QED) is 0.294. The predicted molar refractivity (Wildman–Crippen MR) is 126 cm³/mol. The van der Waals surface area contributed by atoms with E-state index in [-0.39, 0.29) is 34.8 Å². The van der Waals surface area contributed by atoms with E-state index in [9.17, 15) is 14.4 Å². The van der Waals surface area contributed by atoms with Gasteiger partial charge in [-0.15, -0.1) is 0 Å². The molecule has 0 saturated heterocycles. The number of aromatic amines is 1. The highest BCUT2D eigenvalue weighted by Gasteiger charge is 2.87. The molecule has 0 bridgehead atoms. The van der Waals surface area contributed by atoms with Gasteiger partial charge in [0.2, 0.25) is 0 Å². The lowest BCUT2D eigenvalue weighted by Crippen LogP contribution is -2.92. The maximum absolute atomic E-state index is 13.2. The number of benzene rings is 1. The van der Waals surface area contributed by atoms with Crippen LogP contribution in [0, 0.1) is 23.2 Å². The third-order valence-electron chi connectivity index (χ3n) is 8.83. The Balaban J connectivity index is 1.01. The first-order valence-corrected chi connectivity index (χ1v) is 11.9. The summed E-state index contributed by atoms with van der Waals surface area (Å²) >= 11 is 0. The van der Waals surface area contributed by atoms with Crippen molar-refractivity contribution in [3.05, 3.63) is 75.7 Å². The second-order valence-electron chi connectivity index (χ2n) is 10.4. The molecule has 180 valence electrons. The van der Waals surface area contributed by atoms with Gasteiger partial charge in [0.1, 0.15) is 11.4 Å². The minimum absolute atomic E-state index is 0.0445. The van der Waals surface area contributed by atoms with Gasteiger partial charge < -0.3 is 20.8 Å². The number of H-pyrrole nitrogens is 1. The molecule has 8 rings (SSSR count). The number of fused-ring (bicyclic) bond motifs is 4. The number of carbonyl (C=O) groups is 2. The Morgan fingerprint density at radius 2 is 2.11 bits per heavy atom. The molecule has 3 fully saturated rings. The van der Waals surface area contributed by atoms with Crippen LogP contribution in [0.2, 0.25) is 0 Å². The largest absolute Gasteiger partial charge is 0.417 e. The number of carbonyl (C=O) groups excluding carboxylic acids is 2. The third kappa shape index (κ3) is 2.28. The van der Waals surface area contributed by atoms with Crippen LogP contribution in [0.25, 0.3) is 16.7 Å². The molecule has 0 aliphatic heterocycles. The SMILES string of the molecule is NC12CC3C1C1C2=CC31CNC(=O)c1cc(C(=O)NCc2ccc3oc(=O)[nH]c3c2)nc2ccnn12. The zero-order chi connectivity index (χ0) is 24.4. The summed E-state index contributed by atoms with van der Waals surface area (Å²) in [7, 11) is 0. The van der Waals surface area contributed by atoms with Crippen LogP contribution in [0.1, 0.15) is 33.0 Å². The molecule has 4 aliphatic carbocycles. The maximum Gasteiger partial charge on any atom is 0.417 e. The van der Waals surface area contributed by atoms with E-state index in [1.807, 2.05) is 0 Å². The van der Waals surface area contributed by atoms with Gasteiger partial charge >= 0.3 is 5.76 Å². The smallest absolute Gasteiger partial charge is 0.408 e. The van der Waals surface area contributed by atoms with Crippen molar-refractivity contribution in [3.63, 3.8) is 0 Å². The fraction of sp³-hybridized carbons (Fsp3) is 0.320. The molecule has 3 aromatic heterocycles. The number of hydrogen-bond acceptors (Lipinski definition) is 7. The van der Waals surface area contributed by atoms with Crippen molar-refractivity contribution in [3.8, 4) is 0 Å². The number of rotatable bonds is 6. The Hall–Kier alpha value is -4.25. The van der Waals surface area contributed by atoms with Crippen molar-refractivity contribution < 1.29 is 14.0 Å². The molecule has 5 atom stereocenters. The lowest BCUT2D eigenvalue weighted by molar-refractivity contribution is -0.275. The monoisotopic (exact) mass is 483 g/mol. The highest BCUT2D eigenvalue weighted by atomic mass is 16.4. The van der Waals surface area contributed by atoms with E-state index in [1.54, 1.807) is 30.5 Å². The molecule has 0 radical (unpaired) electrons. The van der Waals surface area contributed by atoms with Crippen LogP contribution in [0.4, 0.5) is 0 Å². The number of nitrogens with two attached hydrogens (primary N) is 1. The highest BCUT2D eigenvalue weighted by Crippen LogP contribution is 2.87. The van der Waals surface area contributed by atoms with E-state index in [0.717, 1.165) is 12.0 Å². The van der Waals surface area contributed by atoms with Crippen molar-refractivity contribution in [1.29, 1.82) is 0 Å². The van der Waals surface area contributed by atoms with Crippen LogP contribution in [0.5, 0.6) is 0 Å². The van der Waals surface area contributed by atoms with Gasteiger partial charge in [-0.3, -0.25) is 14.6 Å². The highest BCUT2D eigenvalue weighted by molar-refractivity contribution is 5.98. The Morgan fingerprint density at radius 3 is 2.89 bits per heavy atom. The molecule has 3 saturated carbocycles. The molecule has 36 heavy (non-hydrogen) atoms. The average Bonchev–Trinajstić information content (AvgIpc) is 3.49. The molecule has 2 amide bonds. The van der Waals surface area contributed by atoms with Gasteiger partial charge in [0.05, 0.1) is 11.7 Å². The van der Waals surface area contributed by atoms with Gasteiger partial charge in [-0.1, -0.05) is 12.1 Å². The van der Waals surface area contributed by atoms with Gasteiger partial charge in [-0.25, -0.2) is 14.3 Å². The molecule has 1 aromatic carbocycles. The predicted octanol–water partition coefficient (Wildman–Crippen LogP) is 0.727. The molecule has 5 unspecified atom stereocenters. The molecule has 0 spiro atoms. The Kier molecular flexibility index (Phi) is 3.50. The van der Waals surface area contributed by atoms with Crippen molar-refractivity contribution in [2.45, 2.75) is 18.5 Å². The Bertz CT molecular complexity index is 1750. The summed E-state index contributed by atoms with van der Waals surface area (Å²) in [6, 6.07) is 8.27. The van der Waals surface area contributed by atoms with Crippen molar-refractivity contribution in [2.24, 2.45) is 28.9 Å². The van der Waals surface area contributed by atoms with E-state index >= 15 is 0 Å². The van der Waals surface area contributed by atoms with E-state index in [2.05, 4.69) is 31.8 Å². The van der Waals surface area contributed by atoms with Crippen molar-refractivity contribution >= 4 is 28.6 Å². The minimum atomic E-state index is -0.534. The van der Waals surface area contributed by atoms with E-state index in [0.29, 0.717) is 41.0 Å². The Morgan fingerprint density at radius 1 is 1.22 bits per heavy atom. The first kappa shape index (κ1) is 20.0. The summed E-state index contributed by atoms with van der Waals surface area (Å²) < 4.78 is 6.44. The van der Waals surface area contributed by atoms with Crippen LogP contribution >= 0.6 is 0 Å². The molecule has 3 heterocycles. The molecule has 5 N–H and O–H groups in total. The van der Waals surface area contributed by atoms with Crippen LogP contribution in [-0.2, 0) is 6.54 Å². The first-order chi connectivity index (χ1) is 17.4. The molecule has 4 aliphatic rings. The molecule has 11 nitrogen and oxygen atoms in total. The fourth-order valence-electron chi connectivity index (χ4n) is 7.12. The van der Waals surface area contributed by atoms with Gasteiger partial charge in [-0.05, 0) is 47.4 Å². The van der Waals surface area contributed by atoms with Crippen LogP contribution < -0.4 is 22.1 Å². The fourth-order valence-corrected chi connectivity index (χ4v) is 7.12. The van der Waals surface area contributed by atoms with Crippen LogP contribution in [0.15, 0.2) is 57.4 Å². The normalized spacial score (nSPS) is 30.4. The van der Waals surface area contributed by atoms with Crippen molar-refractivity contribution in [2.75, 3.05) is 6.54 Å². The maximum atomic E-state index is 13.2. The number of nitrogens with one attached hydrogen (secondary N) is 3. The van der Waals surface area contributed by atoms with Gasteiger partial charge in [0.25, 0.3) is 11.8 Å². The summed E-state index contributed by atoms with van der Waals surface area (Å²) in [5.41, 5.74) is 10.3. The number of aromatic nitrogens is 4. The lowest BCUT2D eigenvalue weighted by Gasteiger charge is -2.89. The number of hydrogen-bond donors (Lipinski definition) is 4. The molecule has 4 aromatic rings.